The average Bonchev–Trinajstić information content (AvgIpc) is 3.19. The second-order valence-electron chi connectivity index (χ2n) is 6.03. The molecule has 0 aromatic heterocycles. The Morgan fingerprint density at radius 3 is 2.75 bits per heavy atom. The fraction of sp³-hybridized carbons (Fsp3) is 0.500. The van der Waals surface area contributed by atoms with Gasteiger partial charge in [-0.15, -0.1) is 0 Å². The Labute approximate surface area is 138 Å². The van der Waals surface area contributed by atoms with E-state index in [1.165, 1.54) is 18.2 Å². The first-order chi connectivity index (χ1) is 11.5. The van der Waals surface area contributed by atoms with Crippen molar-refractivity contribution in [2.75, 3.05) is 26.2 Å². The number of hydrogen-bond acceptors (Lipinski definition) is 5. The van der Waals surface area contributed by atoms with Crippen LogP contribution in [0.2, 0.25) is 0 Å². The van der Waals surface area contributed by atoms with Crippen LogP contribution in [0.1, 0.15) is 12.0 Å². The summed E-state index contributed by atoms with van der Waals surface area (Å²) in [7, 11) is 0. The third kappa shape index (κ3) is 3.88. The molecule has 2 heterocycles. The van der Waals surface area contributed by atoms with Crippen molar-refractivity contribution in [1.82, 2.24) is 9.80 Å². The van der Waals surface area contributed by atoms with Gasteiger partial charge in [0.15, 0.2) is 0 Å². The summed E-state index contributed by atoms with van der Waals surface area (Å²) in [5.41, 5.74) is 0.302. The van der Waals surface area contributed by atoms with Gasteiger partial charge in [-0.3, -0.25) is 19.9 Å². The van der Waals surface area contributed by atoms with Crippen molar-refractivity contribution >= 4 is 5.69 Å². The van der Waals surface area contributed by atoms with Gasteiger partial charge in [-0.25, -0.2) is 0 Å². The van der Waals surface area contributed by atoms with Gasteiger partial charge in [-0.2, -0.15) is 8.78 Å². The number of rotatable bonds is 6. The Bertz CT molecular complexity index is 631. The molecule has 0 N–H and O–H groups in total. The summed E-state index contributed by atoms with van der Waals surface area (Å²) in [6.45, 7) is 0.939. The lowest BCUT2D eigenvalue weighted by molar-refractivity contribution is -0.385. The van der Waals surface area contributed by atoms with E-state index in [1.807, 2.05) is 0 Å². The first kappa shape index (κ1) is 16.8. The Balaban J connectivity index is 1.70. The number of alkyl halides is 2. The second-order valence-corrected chi connectivity index (χ2v) is 6.03. The molecule has 1 atom stereocenters. The Kier molecular flexibility index (Phi) is 5.06. The molecule has 6 nitrogen and oxygen atoms in total. The van der Waals surface area contributed by atoms with Crippen molar-refractivity contribution in [2.24, 2.45) is 0 Å². The molecule has 24 heavy (non-hydrogen) atoms. The number of halogens is 2. The Morgan fingerprint density at radius 2 is 2.08 bits per heavy atom. The van der Waals surface area contributed by atoms with E-state index in [0.717, 1.165) is 32.6 Å². The largest absolute Gasteiger partial charge is 0.434 e. The normalized spacial score (nSPS) is 21.7. The highest BCUT2D eigenvalue weighted by atomic mass is 19.3. The van der Waals surface area contributed by atoms with E-state index < -0.39 is 11.5 Å². The number of likely N-dealkylation sites (tertiary alicyclic amines) is 1. The molecule has 0 spiro atoms. The highest BCUT2D eigenvalue weighted by molar-refractivity contribution is 5.44. The Morgan fingerprint density at radius 1 is 1.33 bits per heavy atom. The maximum absolute atomic E-state index is 12.6. The van der Waals surface area contributed by atoms with Gasteiger partial charge in [-0.1, -0.05) is 12.2 Å². The molecule has 2 aliphatic heterocycles. The summed E-state index contributed by atoms with van der Waals surface area (Å²) in [5, 5.41) is 10.9. The van der Waals surface area contributed by atoms with Gasteiger partial charge >= 0.3 is 6.61 Å². The van der Waals surface area contributed by atoms with Crippen molar-refractivity contribution in [3.05, 3.63) is 46.0 Å². The fourth-order valence-corrected chi connectivity index (χ4v) is 3.30. The van der Waals surface area contributed by atoms with Gasteiger partial charge in [0.05, 0.1) is 4.92 Å². The van der Waals surface area contributed by atoms with Crippen LogP contribution < -0.4 is 4.74 Å². The van der Waals surface area contributed by atoms with Crippen LogP contribution in [0.4, 0.5) is 14.5 Å². The van der Waals surface area contributed by atoms with Gasteiger partial charge in [0.1, 0.15) is 5.75 Å². The molecule has 1 aromatic rings. The summed E-state index contributed by atoms with van der Waals surface area (Å²) < 4.78 is 29.6. The SMILES string of the molecule is O=[N+]([O-])c1ccc(OC(F)F)c(CN2CCC(N3CC=CC3)C2)c1. The number of hydrogen-bond donors (Lipinski definition) is 0. The summed E-state index contributed by atoms with van der Waals surface area (Å²) >= 11 is 0. The molecule has 1 fully saturated rings. The predicted octanol–water partition coefficient (Wildman–Crippen LogP) is 2.64. The van der Waals surface area contributed by atoms with Crippen LogP contribution in [0, 0.1) is 10.1 Å². The summed E-state index contributed by atoms with van der Waals surface area (Å²) in [4.78, 5) is 14.9. The smallest absolute Gasteiger partial charge is 0.387 e. The third-order valence-corrected chi connectivity index (χ3v) is 4.48. The van der Waals surface area contributed by atoms with Crippen LogP contribution >= 0.6 is 0 Å². The van der Waals surface area contributed by atoms with E-state index in [1.54, 1.807) is 0 Å². The fourth-order valence-electron chi connectivity index (χ4n) is 3.30. The summed E-state index contributed by atoms with van der Waals surface area (Å²) in [6.07, 6.45) is 5.28. The minimum atomic E-state index is -2.95. The van der Waals surface area contributed by atoms with E-state index in [2.05, 4.69) is 26.7 Å². The van der Waals surface area contributed by atoms with E-state index in [-0.39, 0.29) is 11.4 Å². The minimum absolute atomic E-state index is 0.00175. The molecule has 3 rings (SSSR count). The molecule has 0 radical (unpaired) electrons. The van der Waals surface area contributed by atoms with E-state index in [0.29, 0.717) is 18.2 Å². The van der Waals surface area contributed by atoms with E-state index in [9.17, 15) is 18.9 Å². The molecule has 1 aromatic carbocycles. The topological polar surface area (TPSA) is 58.9 Å². The molecule has 0 saturated carbocycles. The van der Waals surface area contributed by atoms with Gasteiger partial charge in [0.2, 0.25) is 0 Å². The third-order valence-electron chi connectivity index (χ3n) is 4.48. The predicted molar refractivity (Wildman–Crippen MR) is 84.1 cm³/mol. The van der Waals surface area contributed by atoms with Crippen molar-refractivity contribution in [2.45, 2.75) is 25.6 Å². The van der Waals surface area contributed by atoms with Gasteiger partial charge in [0.25, 0.3) is 5.69 Å². The van der Waals surface area contributed by atoms with Crippen LogP contribution in [-0.2, 0) is 6.54 Å². The number of ether oxygens (including phenoxy) is 1. The molecule has 1 unspecified atom stereocenters. The van der Waals surface area contributed by atoms with Gasteiger partial charge < -0.3 is 4.74 Å². The highest BCUT2D eigenvalue weighted by Crippen LogP contribution is 2.28. The van der Waals surface area contributed by atoms with Gasteiger partial charge in [-0.05, 0) is 12.5 Å². The van der Waals surface area contributed by atoms with E-state index in [4.69, 9.17) is 0 Å². The molecule has 130 valence electrons. The molecular weight excluding hydrogens is 320 g/mol. The van der Waals surface area contributed by atoms with Crippen molar-refractivity contribution in [3.8, 4) is 5.75 Å². The zero-order valence-electron chi connectivity index (χ0n) is 13.1. The maximum Gasteiger partial charge on any atom is 0.387 e. The monoisotopic (exact) mass is 339 g/mol. The van der Waals surface area contributed by atoms with Crippen LogP contribution in [-0.4, -0.2) is 53.6 Å². The summed E-state index contributed by atoms with van der Waals surface area (Å²) in [5.74, 6) is 0.00175. The van der Waals surface area contributed by atoms with Crippen molar-refractivity contribution in [1.29, 1.82) is 0 Å². The van der Waals surface area contributed by atoms with Crippen molar-refractivity contribution < 1.29 is 18.4 Å². The quantitative estimate of drug-likeness (QED) is 0.453. The number of nitro groups is 1. The first-order valence-corrected chi connectivity index (χ1v) is 7.86. The zero-order valence-corrected chi connectivity index (χ0v) is 13.1. The highest BCUT2D eigenvalue weighted by Gasteiger charge is 2.28. The van der Waals surface area contributed by atoms with E-state index >= 15 is 0 Å². The lowest BCUT2D eigenvalue weighted by atomic mass is 10.1. The van der Waals surface area contributed by atoms with Gasteiger partial charge in [0, 0.05) is 56.5 Å². The van der Waals surface area contributed by atoms with Crippen LogP contribution in [0.3, 0.4) is 0 Å². The number of nitro benzene ring substituents is 1. The Hall–Kier alpha value is -2.06. The first-order valence-electron chi connectivity index (χ1n) is 7.86. The zero-order chi connectivity index (χ0) is 17.1. The lowest BCUT2D eigenvalue weighted by Crippen LogP contribution is -2.35. The second kappa shape index (κ2) is 7.23. The summed E-state index contributed by atoms with van der Waals surface area (Å²) in [6, 6.07) is 4.18. The molecule has 0 amide bonds. The number of non-ortho nitro benzene ring substituents is 1. The number of nitrogens with zero attached hydrogens (tertiary/aromatic N) is 3. The van der Waals surface area contributed by atoms with Crippen LogP contribution in [0.5, 0.6) is 5.75 Å². The molecule has 0 aliphatic carbocycles. The molecular formula is C16H19F2N3O3. The molecule has 8 heteroatoms. The molecule has 1 saturated heterocycles. The minimum Gasteiger partial charge on any atom is -0.434 e. The molecule has 0 bridgehead atoms. The van der Waals surface area contributed by atoms with Crippen LogP contribution in [0.25, 0.3) is 0 Å². The average molecular weight is 339 g/mol. The standard InChI is InChI=1S/C16H19F2N3O3/c17-16(18)24-15-4-3-13(21(22)23)9-12(15)10-19-8-5-14(11-19)20-6-1-2-7-20/h1-4,9,14,16H,5-8,10-11H2. The van der Waals surface area contributed by atoms with Crippen LogP contribution in [0.15, 0.2) is 30.4 Å². The molecule has 2 aliphatic rings. The van der Waals surface area contributed by atoms with Crippen molar-refractivity contribution in [3.63, 3.8) is 0 Å². The number of benzene rings is 1. The lowest BCUT2D eigenvalue weighted by Gasteiger charge is -2.24. The maximum atomic E-state index is 12.6.